The summed E-state index contributed by atoms with van der Waals surface area (Å²) in [6.45, 7) is 4.07. The lowest BCUT2D eigenvalue weighted by atomic mass is 10.2. The minimum atomic E-state index is -0.185. The highest BCUT2D eigenvalue weighted by Crippen LogP contribution is 2.15. The van der Waals surface area contributed by atoms with E-state index in [2.05, 4.69) is 26.3 Å². The summed E-state index contributed by atoms with van der Waals surface area (Å²) < 4.78 is 16.3. The second-order valence-electron chi connectivity index (χ2n) is 3.98. The van der Waals surface area contributed by atoms with Crippen LogP contribution in [0.15, 0.2) is 34.9 Å². The van der Waals surface area contributed by atoms with Crippen molar-refractivity contribution in [2.45, 2.75) is 26.6 Å². The zero-order valence-corrected chi connectivity index (χ0v) is 11.7. The van der Waals surface area contributed by atoms with E-state index >= 15 is 0 Å². The summed E-state index contributed by atoms with van der Waals surface area (Å²) in [5.41, 5.74) is 1.76. The molecule has 5 heteroatoms. The molecule has 1 heterocycles. The van der Waals surface area contributed by atoms with Gasteiger partial charge in [-0.3, -0.25) is 4.68 Å². The van der Waals surface area contributed by atoms with E-state index in [0.29, 0.717) is 18.7 Å². The topological polar surface area (TPSA) is 29.9 Å². The van der Waals surface area contributed by atoms with Crippen molar-refractivity contribution < 1.29 is 4.39 Å². The number of aryl methyl sites for hydroxylation is 1. The van der Waals surface area contributed by atoms with Crippen LogP contribution in [-0.4, -0.2) is 9.78 Å². The third-order valence-corrected chi connectivity index (χ3v) is 3.23. The first-order valence-corrected chi connectivity index (χ1v) is 6.65. The zero-order valence-electron chi connectivity index (χ0n) is 10.2. The van der Waals surface area contributed by atoms with Gasteiger partial charge in [0.2, 0.25) is 0 Å². The molecule has 0 amide bonds. The molecule has 0 saturated carbocycles. The maximum Gasteiger partial charge on any atom is 0.127 e. The number of hydrogen-bond acceptors (Lipinski definition) is 2. The van der Waals surface area contributed by atoms with Crippen LogP contribution in [0.3, 0.4) is 0 Å². The molecule has 3 nitrogen and oxygen atoms in total. The molecule has 2 rings (SSSR count). The minimum absolute atomic E-state index is 0.185. The first-order valence-electron chi connectivity index (χ1n) is 5.86. The molecule has 0 atom stereocenters. The quantitative estimate of drug-likeness (QED) is 0.919. The van der Waals surface area contributed by atoms with E-state index < -0.39 is 0 Å². The highest BCUT2D eigenvalue weighted by molar-refractivity contribution is 9.10. The lowest BCUT2D eigenvalue weighted by Crippen LogP contribution is -2.16. The molecule has 1 aromatic carbocycles. The van der Waals surface area contributed by atoms with Gasteiger partial charge >= 0.3 is 0 Å². The number of halogens is 2. The Morgan fingerprint density at radius 3 is 2.94 bits per heavy atom. The average molecular weight is 312 g/mol. The summed E-state index contributed by atoms with van der Waals surface area (Å²) in [5.74, 6) is -0.185. The van der Waals surface area contributed by atoms with Gasteiger partial charge in [-0.25, -0.2) is 4.39 Å². The Labute approximate surface area is 114 Å². The molecule has 0 aliphatic heterocycles. The van der Waals surface area contributed by atoms with Crippen LogP contribution in [0.25, 0.3) is 0 Å². The number of aromatic nitrogens is 2. The maximum atomic E-state index is 13.5. The van der Waals surface area contributed by atoms with Crippen molar-refractivity contribution >= 4 is 15.9 Å². The second-order valence-corrected chi connectivity index (χ2v) is 4.89. The Kier molecular flexibility index (Phi) is 4.49. The van der Waals surface area contributed by atoms with Crippen LogP contribution in [0.1, 0.15) is 18.2 Å². The second kappa shape index (κ2) is 6.11. The summed E-state index contributed by atoms with van der Waals surface area (Å²) in [4.78, 5) is 0. The predicted octanol–water partition coefficient (Wildman–Crippen LogP) is 3.09. The van der Waals surface area contributed by atoms with Crippen molar-refractivity contribution in [2.75, 3.05) is 0 Å². The van der Waals surface area contributed by atoms with Crippen molar-refractivity contribution in [3.05, 3.63) is 52.0 Å². The van der Waals surface area contributed by atoms with Gasteiger partial charge in [-0.2, -0.15) is 5.10 Å². The van der Waals surface area contributed by atoms with Gasteiger partial charge in [0, 0.05) is 35.9 Å². The van der Waals surface area contributed by atoms with Gasteiger partial charge in [-0.1, -0.05) is 15.9 Å². The van der Waals surface area contributed by atoms with Crippen LogP contribution in [0.4, 0.5) is 4.39 Å². The van der Waals surface area contributed by atoms with E-state index in [1.54, 1.807) is 18.3 Å². The molecule has 1 N–H and O–H groups in total. The molecular formula is C13H15BrFN3. The number of hydrogen-bond donors (Lipinski definition) is 1. The van der Waals surface area contributed by atoms with Crippen molar-refractivity contribution in [3.8, 4) is 0 Å². The highest BCUT2D eigenvalue weighted by Gasteiger charge is 2.04. The molecule has 1 aromatic heterocycles. The summed E-state index contributed by atoms with van der Waals surface area (Å²) >= 11 is 3.34. The third kappa shape index (κ3) is 3.17. The highest BCUT2D eigenvalue weighted by atomic mass is 79.9. The Morgan fingerprint density at radius 2 is 2.17 bits per heavy atom. The molecule has 0 radical (unpaired) electrons. The fourth-order valence-corrected chi connectivity index (χ4v) is 2.21. The normalized spacial score (nSPS) is 10.8. The van der Waals surface area contributed by atoms with E-state index in [4.69, 9.17) is 0 Å². The molecule has 0 spiro atoms. The van der Waals surface area contributed by atoms with Gasteiger partial charge in [0.1, 0.15) is 5.82 Å². The van der Waals surface area contributed by atoms with Gasteiger partial charge in [0.05, 0.1) is 5.69 Å². The van der Waals surface area contributed by atoms with Crippen molar-refractivity contribution in [1.29, 1.82) is 0 Å². The molecule has 0 unspecified atom stereocenters. The molecule has 96 valence electrons. The van der Waals surface area contributed by atoms with Gasteiger partial charge in [-0.05, 0) is 31.2 Å². The molecule has 0 aliphatic carbocycles. The summed E-state index contributed by atoms with van der Waals surface area (Å²) in [7, 11) is 0. The van der Waals surface area contributed by atoms with Crippen LogP contribution in [0.5, 0.6) is 0 Å². The van der Waals surface area contributed by atoms with E-state index in [1.807, 2.05) is 17.7 Å². The van der Waals surface area contributed by atoms with E-state index in [0.717, 1.165) is 16.7 Å². The van der Waals surface area contributed by atoms with E-state index in [-0.39, 0.29) is 5.82 Å². The van der Waals surface area contributed by atoms with Gasteiger partial charge in [0.15, 0.2) is 0 Å². The molecule has 18 heavy (non-hydrogen) atoms. The van der Waals surface area contributed by atoms with Crippen LogP contribution >= 0.6 is 15.9 Å². The van der Waals surface area contributed by atoms with Gasteiger partial charge in [0.25, 0.3) is 0 Å². The number of nitrogens with one attached hydrogen (secondary N) is 1. The van der Waals surface area contributed by atoms with Crippen molar-refractivity contribution in [1.82, 2.24) is 15.1 Å². The largest absolute Gasteiger partial charge is 0.307 e. The third-order valence-electron chi connectivity index (χ3n) is 2.73. The summed E-state index contributed by atoms with van der Waals surface area (Å²) in [6.07, 6.45) is 1.78. The monoisotopic (exact) mass is 311 g/mol. The Hall–Kier alpha value is -1.20. The lowest BCUT2D eigenvalue weighted by molar-refractivity contribution is 0.561. The first-order chi connectivity index (χ1) is 8.70. The number of nitrogens with zero attached hydrogens (tertiary/aromatic N) is 2. The number of benzene rings is 1. The van der Waals surface area contributed by atoms with E-state index in [9.17, 15) is 4.39 Å². The van der Waals surface area contributed by atoms with Gasteiger partial charge in [-0.15, -0.1) is 0 Å². The van der Waals surface area contributed by atoms with E-state index in [1.165, 1.54) is 6.07 Å². The Morgan fingerprint density at radius 1 is 1.33 bits per heavy atom. The zero-order chi connectivity index (χ0) is 13.0. The molecule has 0 aliphatic rings. The van der Waals surface area contributed by atoms with Gasteiger partial charge < -0.3 is 5.32 Å². The van der Waals surface area contributed by atoms with Crippen molar-refractivity contribution in [3.63, 3.8) is 0 Å². The molecule has 2 aromatic rings. The average Bonchev–Trinajstić information content (AvgIpc) is 2.81. The fourth-order valence-electron chi connectivity index (χ4n) is 1.80. The van der Waals surface area contributed by atoms with Crippen LogP contribution in [0.2, 0.25) is 0 Å². The molecule has 0 saturated heterocycles. The van der Waals surface area contributed by atoms with Crippen LogP contribution in [0, 0.1) is 5.82 Å². The molecule has 0 fully saturated rings. The predicted molar refractivity (Wildman–Crippen MR) is 72.5 cm³/mol. The number of rotatable bonds is 5. The van der Waals surface area contributed by atoms with Crippen LogP contribution in [-0.2, 0) is 19.6 Å². The summed E-state index contributed by atoms with van der Waals surface area (Å²) in [5, 5.41) is 7.41. The molecule has 0 bridgehead atoms. The Balaban J connectivity index is 1.94. The summed E-state index contributed by atoms with van der Waals surface area (Å²) in [6, 6.07) is 6.93. The maximum absolute atomic E-state index is 13.5. The SMILES string of the molecule is CCn1nccc1CNCc1cc(Br)ccc1F. The minimum Gasteiger partial charge on any atom is -0.307 e. The molecular weight excluding hydrogens is 297 g/mol. The first kappa shape index (κ1) is 13.2. The van der Waals surface area contributed by atoms with Crippen LogP contribution < -0.4 is 5.32 Å². The Bertz CT molecular complexity index is 525. The van der Waals surface area contributed by atoms with Crippen molar-refractivity contribution in [2.24, 2.45) is 0 Å². The lowest BCUT2D eigenvalue weighted by Gasteiger charge is -2.08. The smallest absolute Gasteiger partial charge is 0.127 e. The standard InChI is InChI=1S/C13H15BrFN3/c1-2-18-12(5-6-17-18)9-16-8-10-7-11(14)3-4-13(10)15/h3-7,16H,2,8-9H2,1H3. The fraction of sp³-hybridized carbons (Fsp3) is 0.308.